The maximum absolute atomic E-state index is 12.4. The van der Waals surface area contributed by atoms with E-state index >= 15 is 0 Å². The summed E-state index contributed by atoms with van der Waals surface area (Å²) in [5.74, 6) is 0.543. The van der Waals surface area contributed by atoms with Crippen molar-refractivity contribution in [1.29, 1.82) is 0 Å². The number of halogens is 2. The van der Waals surface area contributed by atoms with E-state index < -0.39 is 6.23 Å². The summed E-state index contributed by atoms with van der Waals surface area (Å²) >= 11 is 13.0. The zero-order chi connectivity index (χ0) is 22.7. The Bertz CT molecular complexity index is 1440. The fourth-order valence-corrected chi connectivity index (χ4v) is 5.34. The Morgan fingerprint density at radius 3 is 2.58 bits per heavy atom. The highest BCUT2D eigenvalue weighted by atomic mass is 35.5. The molecule has 1 aromatic heterocycles. The second kappa shape index (κ2) is 7.65. The molecular weight excluding hydrogens is 457 g/mol. The van der Waals surface area contributed by atoms with E-state index in [0.717, 1.165) is 33.3 Å². The average molecular weight is 476 g/mol. The topological polar surface area (TPSA) is 46.8 Å². The van der Waals surface area contributed by atoms with Crippen LogP contribution in [0.25, 0.3) is 10.9 Å². The van der Waals surface area contributed by atoms with Crippen molar-refractivity contribution in [2.24, 2.45) is 5.10 Å². The van der Waals surface area contributed by atoms with Crippen LogP contribution >= 0.6 is 23.2 Å². The third kappa shape index (κ3) is 3.23. The molecule has 3 heterocycles. The summed E-state index contributed by atoms with van der Waals surface area (Å²) in [6.07, 6.45) is 1.99. The molecule has 0 amide bonds. The lowest BCUT2D eigenvalue weighted by Gasteiger charge is -2.38. The summed E-state index contributed by atoms with van der Waals surface area (Å²) in [4.78, 5) is 12.4. The van der Waals surface area contributed by atoms with Crippen molar-refractivity contribution in [3.8, 4) is 5.75 Å². The summed E-state index contributed by atoms with van der Waals surface area (Å²) in [7, 11) is 0. The highest BCUT2D eigenvalue weighted by Gasteiger charge is 2.43. The van der Waals surface area contributed by atoms with Crippen LogP contribution in [0.5, 0.6) is 5.75 Å². The molecule has 0 spiro atoms. The van der Waals surface area contributed by atoms with Gasteiger partial charge in [-0.25, -0.2) is 5.01 Å². The van der Waals surface area contributed by atoms with Crippen LogP contribution < -0.4 is 4.74 Å². The van der Waals surface area contributed by atoms with Crippen LogP contribution in [0.3, 0.4) is 0 Å². The van der Waals surface area contributed by atoms with Crippen molar-refractivity contribution >= 4 is 45.7 Å². The molecule has 0 N–H and O–H groups in total. The second-order valence-corrected chi connectivity index (χ2v) is 9.12. The standard InChI is InChI=1S/C26H19Cl2N3O2/c1-15(32)30-14-20(18-9-5-6-10-23(18)30)26-31-24(13-22(29-31)16-7-3-2-4-8-16)19-11-17(27)12-21(28)25(19)33-26/h2-12,14,24,26H,13H2,1H3/t24-,26+/m0/s1. The van der Waals surface area contributed by atoms with Crippen LogP contribution in [0, 0.1) is 0 Å². The molecule has 0 saturated heterocycles. The minimum Gasteiger partial charge on any atom is -0.463 e. The molecule has 0 bridgehead atoms. The number of carbonyl (C=O) groups excluding carboxylic acids is 1. The van der Waals surface area contributed by atoms with Gasteiger partial charge in [-0.3, -0.25) is 9.36 Å². The zero-order valence-electron chi connectivity index (χ0n) is 17.7. The number of hydrogen-bond donors (Lipinski definition) is 0. The van der Waals surface area contributed by atoms with E-state index in [1.54, 1.807) is 17.6 Å². The van der Waals surface area contributed by atoms with Crippen LogP contribution in [0.15, 0.2) is 78.0 Å². The SMILES string of the molecule is CC(=O)n1cc([C@H]2Oc3c(Cl)cc(Cl)cc3[C@@H]3CC(c4ccccc4)=NN23)c2ccccc21. The van der Waals surface area contributed by atoms with E-state index in [0.29, 0.717) is 22.2 Å². The Labute approximate surface area is 200 Å². The molecule has 7 heteroatoms. The van der Waals surface area contributed by atoms with Crippen LogP contribution in [-0.2, 0) is 0 Å². The highest BCUT2D eigenvalue weighted by Crippen LogP contribution is 2.51. The van der Waals surface area contributed by atoms with Crippen LogP contribution in [0.1, 0.15) is 47.1 Å². The molecule has 0 unspecified atom stereocenters. The lowest BCUT2D eigenvalue weighted by atomic mass is 9.96. The van der Waals surface area contributed by atoms with Gasteiger partial charge in [0.15, 0.2) is 0 Å². The van der Waals surface area contributed by atoms with E-state index in [2.05, 4.69) is 12.1 Å². The summed E-state index contributed by atoms with van der Waals surface area (Å²) in [6.45, 7) is 1.55. The number of nitrogens with zero attached hydrogens (tertiary/aromatic N) is 3. The van der Waals surface area contributed by atoms with Crippen molar-refractivity contribution in [2.45, 2.75) is 25.6 Å². The molecule has 2 atom stereocenters. The minimum atomic E-state index is -0.548. The molecule has 0 aliphatic carbocycles. The number of benzene rings is 3. The van der Waals surface area contributed by atoms with E-state index in [-0.39, 0.29) is 11.9 Å². The first-order chi connectivity index (χ1) is 16.0. The van der Waals surface area contributed by atoms with Gasteiger partial charge in [-0.2, -0.15) is 5.10 Å². The number of ether oxygens (including phenoxy) is 1. The van der Waals surface area contributed by atoms with Crippen molar-refractivity contribution < 1.29 is 9.53 Å². The van der Waals surface area contributed by atoms with Gasteiger partial charge in [-0.15, -0.1) is 0 Å². The normalized spacial score (nSPS) is 19.1. The monoisotopic (exact) mass is 475 g/mol. The first kappa shape index (κ1) is 20.3. The highest BCUT2D eigenvalue weighted by molar-refractivity contribution is 6.35. The summed E-state index contributed by atoms with van der Waals surface area (Å²) in [5, 5.41) is 8.94. The van der Waals surface area contributed by atoms with Gasteiger partial charge in [0.25, 0.3) is 0 Å². The number of aromatic nitrogens is 1. The Hall–Kier alpha value is -3.28. The van der Waals surface area contributed by atoms with Gasteiger partial charge in [0.1, 0.15) is 5.75 Å². The lowest BCUT2D eigenvalue weighted by molar-refractivity contribution is -0.0180. The Morgan fingerprint density at radius 1 is 1.03 bits per heavy atom. The number of rotatable bonds is 2. The van der Waals surface area contributed by atoms with E-state index in [1.807, 2.05) is 59.7 Å². The first-order valence-electron chi connectivity index (χ1n) is 10.7. The molecule has 0 radical (unpaired) electrons. The molecule has 33 heavy (non-hydrogen) atoms. The molecular formula is C26H19Cl2N3O2. The maximum Gasteiger partial charge on any atom is 0.227 e. The third-order valence-corrected chi connectivity index (χ3v) is 6.76. The lowest BCUT2D eigenvalue weighted by Crippen LogP contribution is -2.33. The molecule has 0 fully saturated rings. The predicted molar refractivity (Wildman–Crippen MR) is 130 cm³/mol. The number of para-hydroxylation sites is 1. The largest absolute Gasteiger partial charge is 0.463 e. The average Bonchev–Trinajstić information content (AvgIpc) is 3.42. The van der Waals surface area contributed by atoms with Gasteiger partial charge in [-0.1, -0.05) is 71.7 Å². The summed E-state index contributed by atoms with van der Waals surface area (Å²) < 4.78 is 8.16. The Kier molecular flexibility index (Phi) is 4.71. The molecule has 3 aromatic carbocycles. The van der Waals surface area contributed by atoms with E-state index in [4.69, 9.17) is 33.0 Å². The van der Waals surface area contributed by atoms with Crippen molar-refractivity contribution in [1.82, 2.24) is 9.58 Å². The predicted octanol–water partition coefficient (Wildman–Crippen LogP) is 6.85. The van der Waals surface area contributed by atoms with Gasteiger partial charge in [0.05, 0.1) is 22.3 Å². The summed E-state index contributed by atoms with van der Waals surface area (Å²) in [5.41, 5.74) is 4.63. The number of carbonyl (C=O) groups is 1. The van der Waals surface area contributed by atoms with E-state index in [9.17, 15) is 4.79 Å². The zero-order valence-corrected chi connectivity index (χ0v) is 19.2. The van der Waals surface area contributed by atoms with Gasteiger partial charge in [-0.05, 0) is 23.8 Å². The fraction of sp³-hybridized carbons (Fsp3) is 0.154. The van der Waals surface area contributed by atoms with Crippen molar-refractivity contribution in [2.75, 3.05) is 0 Å². The van der Waals surface area contributed by atoms with Gasteiger partial charge < -0.3 is 4.74 Å². The van der Waals surface area contributed by atoms with E-state index in [1.165, 1.54) is 0 Å². The number of hydrazone groups is 1. The molecule has 5 nitrogen and oxygen atoms in total. The molecule has 6 rings (SSSR count). The van der Waals surface area contributed by atoms with Gasteiger partial charge >= 0.3 is 0 Å². The molecule has 2 aliphatic rings. The quantitative estimate of drug-likeness (QED) is 0.318. The minimum absolute atomic E-state index is 0.0649. The molecule has 4 aromatic rings. The molecule has 2 aliphatic heterocycles. The summed E-state index contributed by atoms with van der Waals surface area (Å²) in [6, 6.07) is 21.4. The first-order valence-corrected chi connectivity index (χ1v) is 11.4. The van der Waals surface area contributed by atoms with Crippen LogP contribution in [0.4, 0.5) is 0 Å². The Balaban J connectivity index is 1.56. The van der Waals surface area contributed by atoms with Gasteiger partial charge in [0, 0.05) is 41.1 Å². The Morgan fingerprint density at radius 2 is 1.79 bits per heavy atom. The van der Waals surface area contributed by atoms with Crippen LogP contribution in [-0.4, -0.2) is 21.2 Å². The van der Waals surface area contributed by atoms with Crippen molar-refractivity contribution in [3.63, 3.8) is 0 Å². The molecule has 0 saturated carbocycles. The third-order valence-electron chi connectivity index (χ3n) is 6.26. The number of hydrogen-bond acceptors (Lipinski definition) is 4. The molecule has 164 valence electrons. The van der Waals surface area contributed by atoms with Gasteiger partial charge in [0.2, 0.25) is 12.1 Å². The number of fused-ring (bicyclic) bond motifs is 4. The van der Waals surface area contributed by atoms with Crippen molar-refractivity contribution in [3.05, 3.63) is 99.7 Å². The fourth-order valence-electron chi connectivity index (χ4n) is 4.79. The maximum atomic E-state index is 12.4. The smallest absolute Gasteiger partial charge is 0.227 e. The second-order valence-electron chi connectivity index (χ2n) is 8.28. The van der Waals surface area contributed by atoms with Crippen LogP contribution in [0.2, 0.25) is 10.0 Å².